The summed E-state index contributed by atoms with van der Waals surface area (Å²) >= 11 is 0. The smallest absolute Gasteiger partial charge is 0.303 e. The molecule has 2 aliphatic heterocycles. The lowest BCUT2D eigenvalue weighted by Crippen LogP contribution is -2.33. The standard InChI is InChI=1S/C55H70N2O20S4/c1-6-56-45-20-18-41-43(35-39(78(60,61)62)37-47(41)80(66,67)68)52(45)54(2,22-25-74-31-33-76-29-27-72-4)49(56)15-11-8-7-9-12-16-50-55(3,23-26-75-32-34-77-30-28-73-5)53-44-36-40(79(63,64)65)38-48(81(69,70)71)42(44)19-21-46(53)57(50)24-14-10-13-17-51(58)59/h7-9,11-12,15-16,18-21,35-38H,6,10,13-14,17,22-34H2,1-5H3,(H4-,58,59,60,61,62,63,64,65,66,67,68,69,70,71)/p+1. The first-order valence-electron chi connectivity index (χ1n) is 26.0. The SMILES string of the molecule is CCN1C(=CC=CC=CC=CC2=[N+](CCCCCC(=O)O)c3ccc4c(S(=O)(=O)O)cc(S(=O)(=O)O)cc4c3C2(C)CCOCCOCCOC)C(C)(CCOCCOCCOC)c2c1ccc1c(S(=O)(=O)O)cc(S(=O)(=O)O)cc21. The maximum absolute atomic E-state index is 12.9. The first-order chi connectivity index (χ1) is 38.2. The zero-order valence-electron chi connectivity index (χ0n) is 45.8. The number of hydrogen-bond donors (Lipinski definition) is 5. The van der Waals surface area contributed by atoms with E-state index in [4.69, 9.17) is 28.4 Å². The fourth-order valence-electron chi connectivity index (χ4n) is 10.5. The van der Waals surface area contributed by atoms with Gasteiger partial charge in [0.25, 0.3) is 40.5 Å². The predicted molar refractivity (Wildman–Crippen MR) is 303 cm³/mol. The number of methoxy groups -OCH3 is 2. The van der Waals surface area contributed by atoms with Crippen LogP contribution in [0.25, 0.3) is 21.5 Å². The minimum Gasteiger partial charge on any atom is -0.481 e. The Morgan fingerprint density at radius 3 is 1.56 bits per heavy atom. The predicted octanol–water partition coefficient (Wildman–Crippen LogP) is 7.47. The van der Waals surface area contributed by atoms with Gasteiger partial charge in [-0.2, -0.15) is 38.2 Å². The Bertz CT molecular complexity index is 3580. The van der Waals surface area contributed by atoms with Gasteiger partial charge in [-0.1, -0.05) is 36.4 Å². The van der Waals surface area contributed by atoms with Gasteiger partial charge < -0.3 is 38.4 Å². The van der Waals surface area contributed by atoms with E-state index in [-0.39, 0.29) is 74.0 Å². The van der Waals surface area contributed by atoms with Gasteiger partial charge in [0.2, 0.25) is 5.69 Å². The van der Waals surface area contributed by atoms with Crippen LogP contribution in [0.3, 0.4) is 0 Å². The van der Waals surface area contributed by atoms with Gasteiger partial charge in [0.05, 0.1) is 68.1 Å². The summed E-state index contributed by atoms with van der Waals surface area (Å²) in [6.45, 7) is 9.33. The van der Waals surface area contributed by atoms with Gasteiger partial charge in [-0.05, 0) is 105 Å². The Labute approximate surface area is 473 Å². The molecule has 2 atom stereocenters. The number of likely N-dealkylation sites (N-methyl/N-ethyl adjacent to an activating group) is 1. The Morgan fingerprint density at radius 2 is 1.05 bits per heavy atom. The van der Waals surface area contributed by atoms with Gasteiger partial charge in [0, 0.05) is 92.1 Å². The summed E-state index contributed by atoms with van der Waals surface area (Å²) in [5, 5.41) is 9.69. The first-order valence-corrected chi connectivity index (χ1v) is 31.8. The summed E-state index contributed by atoms with van der Waals surface area (Å²) in [5.41, 5.74) is 1.61. The van der Waals surface area contributed by atoms with E-state index in [9.17, 15) is 61.8 Å². The molecule has 0 saturated heterocycles. The Kier molecular flexibility index (Phi) is 22.3. The van der Waals surface area contributed by atoms with Crippen LogP contribution in [-0.4, -0.2) is 167 Å². The van der Waals surface area contributed by atoms with Crippen LogP contribution in [0.5, 0.6) is 0 Å². The van der Waals surface area contributed by atoms with Crippen molar-refractivity contribution < 1.29 is 94.8 Å². The number of nitrogens with zero attached hydrogens (tertiary/aromatic N) is 2. The molecular weight excluding hydrogens is 1140 g/mol. The third-order valence-electron chi connectivity index (χ3n) is 14.3. The van der Waals surface area contributed by atoms with Crippen molar-refractivity contribution in [3.63, 3.8) is 0 Å². The number of fused-ring (bicyclic) bond motifs is 6. The molecule has 0 aromatic heterocycles. The number of hydrogen-bond acceptors (Lipinski definition) is 16. The monoisotopic (exact) mass is 1210 g/mol. The summed E-state index contributed by atoms with van der Waals surface area (Å²) in [7, 11) is -16.9. The van der Waals surface area contributed by atoms with E-state index in [0.717, 1.165) is 5.70 Å². The molecule has 26 heteroatoms. The topological polar surface area (TPSA) is 316 Å². The fourth-order valence-corrected chi connectivity index (χ4v) is 13.2. The van der Waals surface area contributed by atoms with Gasteiger partial charge in [-0.3, -0.25) is 23.0 Å². The van der Waals surface area contributed by atoms with Crippen LogP contribution in [0.4, 0.5) is 11.4 Å². The second-order valence-electron chi connectivity index (χ2n) is 19.6. The average Bonchev–Trinajstić information content (AvgIpc) is 2.34. The van der Waals surface area contributed by atoms with E-state index in [1.807, 2.05) is 42.4 Å². The van der Waals surface area contributed by atoms with Crippen molar-refractivity contribution in [2.75, 3.05) is 98.3 Å². The first kappa shape index (κ1) is 64.9. The lowest BCUT2D eigenvalue weighted by molar-refractivity contribution is -0.438. The molecule has 0 amide bonds. The highest BCUT2D eigenvalue weighted by Gasteiger charge is 2.49. The zero-order valence-corrected chi connectivity index (χ0v) is 49.0. The molecular formula is C55H71N2O20S4+. The summed E-state index contributed by atoms with van der Waals surface area (Å²) in [6, 6.07) is 10.1. The van der Waals surface area contributed by atoms with Crippen LogP contribution in [0.1, 0.15) is 70.4 Å². The van der Waals surface area contributed by atoms with Crippen LogP contribution in [0.2, 0.25) is 0 Å². The van der Waals surface area contributed by atoms with Gasteiger partial charge in [0.1, 0.15) is 16.3 Å². The highest BCUT2D eigenvalue weighted by molar-refractivity contribution is 7.87. The van der Waals surface area contributed by atoms with E-state index in [2.05, 4.69) is 0 Å². The number of allylic oxidation sites excluding steroid dienone is 8. The molecule has 444 valence electrons. The minimum atomic E-state index is -5.04. The molecule has 2 aliphatic rings. The lowest BCUT2D eigenvalue weighted by atomic mass is 9.75. The third kappa shape index (κ3) is 15.7. The third-order valence-corrected chi connectivity index (χ3v) is 17.7. The average molecular weight is 1210 g/mol. The molecule has 0 spiro atoms. The molecule has 4 aromatic carbocycles. The van der Waals surface area contributed by atoms with Crippen molar-refractivity contribution in [3.8, 4) is 0 Å². The number of rotatable bonds is 33. The summed E-state index contributed by atoms with van der Waals surface area (Å²) in [4.78, 5) is 10.5. The molecule has 0 fully saturated rings. The van der Waals surface area contributed by atoms with Crippen molar-refractivity contribution in [1.82, 2.24) is 0 Å². The molecule has 5 N–H and O–H groups in total. The number of benzene rings is 4. The summed E-state index contributed by atoms with van der Waals surface area (Å²) in [5.74, 6) is -0.935. The second kappa shape index (κ2) is 27.9. The van der Waals surface area contributed by atoms with Crippen molar-refractivity contribution in [2.45, 2.75) is 89.7 Å². The Morgan fingerprint density at radius 1 is 0.568 bits per heavy atom. The van der Waals surface area contributed by atoms with Crippen LogP contribution < -0.4 is 4.90 Å². The van der Waals surface area contributed by atoms with Crippen LogP contribution in [0, 0.1) is 0 Å². The van der Waals surface area contributed by atoms with Gasteiger partial charge in [0.15, 0.2) is 5.71 Å². The van der Waals surface area contributed by atoms with Crippen LogP contribution >= 0.6 is 0 Å². The van der Waals surface area contributed by atoms with Crippen molar-refractivity contribution in [2.24, 2.45) is 0 Å². The van der Waals surface area contributed by atoms with Gasteiger partial charge in [-0.15, -0.1) is 0 Å². The zero-order chi connectivity index (χ0) is 59.4. The molecule has 0 radical (unpaired) electrons. The normalized spacial score (nSPS) is 18.5. The van der Waals surface area contributed by atoms with Crippen LogP contribution in [-0.2, 0) is 84.5 Å². The number of carboxylic acid groups (broad SMARTS) is 1. The number of unbranched alkanes of at least 4 members (excludes halogenated alkanes) is 2. The number of anilines is 1. The fraction of sp³-hybridized carbons (Fsp3) is 0.455. The summed E-state index contributed by atoms with van der Waals surface area (Å²) < 4.78 is 178. The summed E-state index contributed by atoms with van der Waals surface area (Å²) in [6.07, 6.45) is 14.6. The van der Waals surface area contributed by atoms with E-state index >= 15 is 0 Å². The Balaban J connectivity index is 1.43. The molecule has 2 unspecified atom stereocenters. The molecule has 6 rings (SSSR count). The Hall–Kier alpha value is -5.30. The van der Waals surface area contributed by atoms with Crippen molar-refractivity contribution in [3.05, 3.63) is 108 Å². The quantitative estimate of drug-likeness (QED) is 0.0134. The second-order valence-corrected chi connectivity index (χ2v) is 25.2. The molecule has 0 saturated carbocycles. The molecule has 4 aromatic rings. The maximum atomic E-state index is 12.9. The molecule has 22 nitrogen and oxygen atoms in total. The van der Waals surface area contributed by atoms with E-state index in [0.29, 0.717) is 106 Å². The van der Waals surface area contributed by atoms with E-state index in [1.54, 1.807) is 56.7 Å². The maximum Gasteiger partial charge on any atom is 0.303 e. The number of aliphatic carboxylic acids is 1. The van der Waals surface area contributed by atoms with Crippen molar-refractivity contribution in [1.29, 1.82) is 0 Å². The number of carbonyl (C=O) groups is 1. The molecule has 0 aliphatic carbocycles. The van der Waals surface area contributed by atoms with E-state index in [1.165, 1.54) is 24.3 Å². The molecule has 81 heavy (non-hydrogen) atoms. The molecule has 2 heterocycles. The highest BCUT2D eigenvalue weighted by atomic mass is 32.2. The highest BCUT2D eigenvalue weighted by Crippen LogP contribution is 2.54. The van der Waals surface area contributed by atoms with Crippen LogP contribution in [0.15, 0.2) is 116 Å². The molecule has 0 bridgehead atoms. The van der Waals surface area contributed by atoms with Gasteiger partial charge >= 0.3 is 5.97 Å². The van der Waals surface area contributed by atoms with Gasteiger partial charge in [-0.25, -0.2) is 0 Å². The van der Waals surface area contributed by atoms with E-state index < -0.39 is 76.9 Å². The largest absolute Gasteiger partial charge is 0.481 e. The lowest BCUT2D eigenvalue weighted by Gasteiger charge is -2.30. The van der Waals surface area contributed by atoms with Crippen molar-refractivity contribution >= 4 is 85.1 Å². The number of ether oxygens (including phenoxy) is 6. The minimum absolute atomic E-state index is 0.00552. The number of carboxylic acids is 1.